The molecule has 0 aliphatic carbocycles. The highest BCUT2D eigenvalue weighted by Crippen LogP contribution is 2.38. The van der Waals surface area contributed by atoms with Crippen LogP contribution in [0.5, 0.6) is 0 Å². The second-order valence-corrected chi connectivity index (χ2v) is 9.58. The number of hydrogen-bond donors (Lipinski definition) is 0. The molecule has 1 unspecified atom stereocenters. The van der Waals surface area contributed by atoms with E-state index in [-0.39, 0.29) is 24.4 Å². The smallest absolute Gasteiger partial charge is 0.454 e. The van der Waals surface area contributed by atoms with Gasteiger partial charge in [0.15, 0.2) is 5.76 Å². The second-order valence-electron chi connectivity index (χ2n) is 9.20. The molecule has 0 amide bonds. The number of aliphatic imine (C=N–C) groups is 1. The molecule has 33 heavy (non-hydrogen) atoms. The number of aryl methyl sites for hydroxylation is 2. The Hall–Kier alpha value is -2.80. The number of halogens is 1. The number of carbonyl (C=O) groups is 1. The van der Waals surface area contributed by atoms with Crippen LogP contribution in [0.3, 0.4) is 0 Å². The highest BCUT2D eigenvalue weighted by Gasteiger charge is 2.31. The van der Waals surface area contributed by atoms with Crippen LogP contribution in [0.15, 0.2) is 29.3 Å². The van der Waals surface area contributed by atoms with Gasteiger partial charge < -0.3 is 14.2 Å². The summed E-state index contributed by atoms with van der Waals surface area (Å²) >= 11 is 6.67. The van der Waals surface area contributed by atoms with E-state index in [1.54, 1.807) is 18.5 Å². The van der Waals surface area contributed by atoms with Crippen molar-refractivity contribution in [2.45, 2.75) is 72.6 Å². The molecule has 0 radical (unpaired) electrons. The van der Waals surface area contributed by atoms with E-state index in [1.807, 2.05) is 20.1 Å². The summed E-state index contributed by atoms with van der Waals surface area (Å²) in [6, 6.07) is 8.18. The molecule has 1 aliphatic heterocycles. The van der Waals surface area contributed by atoms with Gasteiger partial charge in [0.2, 0.25) is 6.79 Å². The van der Waals surface area contributed by atoms with Gasteiger partial charge in [0.1, 0.15) is 11.7 Å². The van der Waals surface area contributed by atoms with E-state index in [1.165, 1.54) is 5.56 Å². The first kappa shape index (κ1) is 24.8. The molecule has 3 rings (SSSR count). The number of aromatic nitrogens is 2. The average Bonchev–Trinajstić information content (AvgIpc) is 3.52. The quantitative estimate of drug-likeness (QED) is 0.266. The number of benzene rings is 1. The van der Waals surface area contributed by atoms with Crippen LogP contribution < -0.4 is 0 Å². The van der Waals surface area contributed by atoms with Crippen molar-refractivity contribution in [2.75, 3.05) is 6.79 Å². The minimum atomic E-state index is -0.797. The zero-order valence-corrected chi connectivity index (χ0v) is 21.1. The minimum absolute atomic E-state index is 0.0314. The summed E-state index contributed by atoms with van der Waals surface area (Å²) in [5.41, 5.74) is 4.35. The molecule has 1 aromatic heterocycles. The van der Waals surface area contributed by atoms with E-state index < -0.39 is 6.16 Å². The van der Waals surface area contributed by atoms with Crippen LogP contribution >= 0.6 is 11.6 Å². The Bertz CT molecular complexity index is 1060. The Morgan fingerprint density at radius 2 is 1.82 bits per heavy atom. The molecule has 8 heteroatoms. The second kappa shape index (κ2) is 10.00. The van der Waals surface area contributed by atoms with Gasteiger partial charge in [-0.2, -0.15) is 5.10 Å². The Kier molecular flexibility index (Phi) is 7.52. The van der Waals surface area contributed by atoms with Crippen LogP contribution in [-0.4, -0.2) is 41.1 Å². The molecule has 0 saturated carbocycles. The van der Waals surface area contributed by atoms with Gasteiger partial charge in [-0.25, -0.2) is 4.79 Å². The molecule has 0 fully saturated rings. The van der Waals surface area contributed by atoms with Crippen molar-refractivity contribution in [2.24, 2.45) is 4.99 Å². The van der Waals surface area contributed by atoms with Crippen LogP contribution in [0, 0.1) is 6.92 Å². The molecule has 1 atom stereocenters. The molecule has 2 aromatic rings. The van der Waals surface area contributed by atoms with Gasteiger partial charge in [-0.05, 0) is 44.2 Å². The van der Waals surface area contributed by atoms with E-state index in [4.69, 9.17) is 25.8 Å². The standard InChI is InChI=1S/C25H32ClN3O4/c1-8-29-22(21(26)16(4)28-29)23(31-14-32-24(30)33-15(2)3)20(19-13-27-19)17-9-11-18(12-10-17)25(5,6)7/h9-13,15,19H,8,14H2,1-7H3/b23-20+. The SMILES string of the molecule is CCn1nc(C)c(Cl)c1/C(OCOC(=O)OC(C)C)=C(/c1ccc(C(C)(C)C)cc1)C1C=N1. The van der Waals surface area contributed by atoms with Gasteiger partial charge in [0, 0.05) is 18.3 Å². The maximum Gasteiger partial charge on any atom is 0.511 e. The van der Waals surface area contributed by atoms with Crippen molar-refractivity contribution in [1.29, 1.82) is 0 Å². The van der Waals surface area contributed by atoms with Crippen LogP contribution in [-0.2, 0) is 26.2 Å². The Labute approximate surface area is 200 Å². The Morgan fingerprint density at radius 3 is 2.33 bits per heavy atom. The third kappa shape index (κ3) is 5.96. The summed E-state index contributed by atoms with van der Waals surface area (Å²) < 4.78 is 18.0. The van der Waals surface area contributed by atoms with Gasteiger partial charge >= 0.3 is 6.16 Å². The largest absolute Gasteiger partial charge is 0.511 e. The lowest BCUT2D eigenvalue weighted by Crippen LogP contribution is -2.16. The summed E-state index contributed by atoms with van der Waals surface area (Å²) in [6.07, 6.45) is 0.759. The lowest BCUT2D eigenvalue weighted by Gasteiger charge is -2.21. The highest BCUT2D eigenvalue weighted by atomic mass is 35.5. The average molecular weight is 474 g/mol. The molecule has 0 bridgehead atoms. The number of nitrogens with zero attached hydrogens (tertiary/aromatic N) is 3. The normalized spacial score (nSPS) is 16.0. The highest BCUT2D eigenvalue weighted by molar-refractivity contribution is 6.33. The first-order valence-electron chi connectivity index (χ1n) is 11.1. The van der Waals surface area contributed by atoms with Crippen LogP contribution in [0.2, 0.25) is 5.02 Å². The topological polar surface area (TPSA) is 74.9 Å². The maximum atomic E-state index is 11.9. The fourth-order valence-electron chi connectivity index (χ4n) is 3.42. The Balaban J connectivity index is 2.06. The van der Waals surface area contributed by atoms with Crippen molar-refractivity contribution >= 4 is 35.3 Å². The zero-order valence-electron chi connectivity index (χ0n) is 20.3. The molecule has 0 N–H and O–H groups in total. The first-order valence-corrected chi connectivity index (χ1v) is 11.5. The lowest BCUT2D eigenvalue weighted by molar-refractivity contribution is -0.0172. The molecule has 1 aliphatic rings. The molecule has 0 saturated heterocycles. The zero-order chi connectivity index (χ0) is 24.3. The lowest BCUT2D eigenvalue weighted by atomic mass is 9.86. The van der Waals surface area contributed by atoms with Gasteiger partial charge in [-0.3, -0.25) is 9.67 Å². The molecular weight excluding hydrogens is 442 g/mol. The van der Waals surface area contributed by atoms with Crippen molar-refractivity contribution in [1.82, 2.24) is 9.78 Å². The molecule has 2 heterocycles. The van der Waals surface area contributed by atoms with Crippen molar-refractivity contribution < 1.29 is 19.0 Å². The van der Waals surface area contributed by atoms with Gasteiger partial charge in [0.05, 0.1) is 16.8 Å². The van der Waals surface area contributed by atoms with Crippen molar-refractivity contribution in [3.05, 3.63) is 51.8 Å². The summed E-state index contributed by atoms with van der Waals surface area (Å²) in [5.74, 6) is 0.478. The number of hydrogen-bond acceptors (Lipinski definition) is 6. The third-order valence-electron chi connectivity index (χ3n) is 5.18. The predicted octanol–water partition coefficient (Wildman–Crippen LogP) is 6.02. The third-order valence-corrected chi connectivity index (χ3v) is 5.63. The molecule has 178 valence electrons. The maximum absolute atomic E-state index is 11.9. The van der Waals surface area contributed by atoms with Crippen molar-refractivity contribution in [3.8, 4) is 0 Å². The fourth-order valence-corrected chi connectivity index (χ4v) is 3.64. The number of ether oxygens (including phenoxy) is 3. The van der Waals surface area contributed by atoms with E-state index in [0.717, 1.165) is 11.1 Å². The molecule has 1 aromatic carbocycles. The first-order chi connectivity index (χ1) is 15.5. The van der Waals surface area contributed by atoms with Crippen LogP contribution in [0.4, 0.5) is 4.79 Å². The van der Waals surface area contributed by atoms with Gasteiger partial charge in [0.25, 0.3) is 0 Å². The molecule has 7 nitrogen and oxygen atoms in total. The van der Waals surface area contributed by atoms with E-state index in [0.29, 0.717) is 28.7 Å². The monoisotopic (exact) mass is 473 g/mol. The summed E-state index contributed by atoms with van der Waals surface area (Å²) in [5, 5.41) is 5.02. The Morgan fingerprint density at radius 1 is 1.18 bits per heavy atom. The van der Waals surface area contributed by atoms with Crippen molar-refractivity contribution in [3.63, 3.8) is 0 Å². The van der Waals surface area contributed by atoms with Gasteiger partial charge in [-0.1, -0.05) is 56.6 Å². The van der Waals surface area contributed by atoms with Crippen LogP contribution in [0.25, 0.3) is 11.3 Å². The number of rotatable bonds is 8. The summed E-state index contributed by atoms with van der Waals surface area (Å²) in [6.45, 7) is 14.1. The predicted molar refractivity (Wildman–Crippen MR) is 131 cm³/mol. The van der Waals surface area contributed by atoms with Crippen LogP contribution in [0.1, 0.15) is 64.1 Å². The fraction of sp³-hybridized carbons (Fsp3) is 0.480. The van der Waals surface area contributed by atoms with Gasteiger partial charge in [-0.15, -0.1) is 0 Å². The minimum Gasteiger partial charge on any atom is -0.454 e. The number of carbonyl (C=O) groups excluding carboxylic acids is 1. The summed E-state index contributed by atoms with van der Waals surface area (Å²) in [7, 11) is 0. The molecule has 0 spiro atoms. The summed E-state index contributed by atoms with van der Waals surface area (Å²) in [4.78, 5) is 16.3. The molecular formula is C25H32ClN3O4. The van der Waals surface area contributed by atoms with E-state index >= 15 is 0 Å². The van der Waals surface area contributed by atoms with E-state index in [2.05, 4.69) is 55.1 Å². The van der Waals surface area contributed by atoms with E-state index in [9.17, 15) is 4.79 Å².